The molecule has 2 N–H and O–H groups in total. The van der Waals surface area contributed by atoms with Crippen LogP contribution in [0.1, 0.15) is 27.0 Å². The highest BCUT2D eigenvalue weighted by Crippen LogP contribution is 2.32. The minimum Gasteiger partial charge on any atom is -0.477 e. The van der Waals surface area contributed by atoms with Crippen molar-refractivity contribution in [2.75, 3.05) is 11.6 Å². The molecule has 168 valence electrons. The minimum absolute atomic E-state index is 0.00327. The van der Waals surface area contributed by atoms with Crippen LogP contribution < -0.4 is 5.32 Å². The molecular weight excluding hydrogens is 466 g/mol. The molecule has 0 aliphatic rings. The fourth-order valence-corrected chi connectivity index (χ4v) is 4.16. The van der Waals surface area contributed by atoms with E-state index in [0.29, 0.717) is 17.0 Å². The van der Waals surface area contributed by atoms with Crippen LogP contribution in [0.25, 0.3) is 0 Å². The molecule has 3 aromatic rings. The van der Waals surface area contributed by atoms with Gasteiger partial charge >= 0.3 is 12.1 Å². The van der Waals surface area contributed by atoms with Crippen LogP contribution in [-0.2, 0) is 18.5 Å². The van der Waals surface area contributed by atoms with Crippen molar-refractivity contribution in [3.8, 4) is 0 Å². The Balaban J connectivity index is 1.90. The Hall–Kier alpha value is -2.79. The van der Waals surface area contributed by atoms with Crippen LogP contribution >= 0.6 is 23.5 Å². The quantitative estimate of drug-likeness (QED) is 0.177. The van der Waals surface area contributed by atoms with E-state index in [-0.39, 0.29) is 28.5 Å². The van der Waals surface area contributed by atoms with Gasteiger partial charge in [0.25, 0.3) is 0 Å². The van der Waals surface area contributed by atoms with E-state index in [4.69, 9.17) is 0 Å². The Kier molecular flexibility index (Phi) is 7.62. The van der Waals surface area contributed by atoms with Gasteiger partial charge in [-0.3, -0.25) is 0 Å². The van der Waals surface area contributed by atoms with Gasteiger partial charge in [-0.05, 0) is 35.6 Å². The van der Waals surface area contributed by atoms with Gasteiger partial charge in [0.15, 0.2) is 5.16 Å². The number of thioether (sulfide) groups is 2. The average Bonchev–Trinajstić information content (AvgIpc) is 2.75. The van der Waals surface area contributed by atoms with Crippen molar-refractivity contribution in [1.29, 1.82) is 0 Å². The maximum atomic E-state index is 13.7. The lowest BCUT2D eigenvalue weighted by atomic mass is 10.1. The molecule has 11 heteroatoms. The van der Waals surface area contributed by atoms with Crippen molar-refractivity contribution >= 4 is 35.3 Å². The van der Waals surface area contributed by atoms with E-state index < -0.39 is 23.5 Å². The third kappa shape index (κ3) is 6.13. The summed E-state index contributed by atoms with van der Waals surface area (Å²) in [6, 6.07) is 11.5. The minimum atomic E-state index is -4.70. The van der Waals surface area contributed by atoms with Gasteiger partial charge in [-0.2, -0.15) is 13.2 Å². The van der Waals surface area contributed by atoms with Crippen LogP contribution in [0.15, 0.2) is 58.7 Å². The molecule has 1 heterocycles. The number of carboxylic acids is 1. The molecule has 0 amide bonds. The number of aromatic nitrogens is 2. The van der Waals surface area contributed by atoms with Gasteiger partial charge in [0, 0.05) is 12.3 Å². The first kappa shape index (κ1) is 23.9. The van der Waals surface area contributed by atoms with Crippen molar-refractivity contribution in [3.63, 3.8) is 0 Å². The van der Waals surface area contributed by atoms with Gasteiger partial charge in [-0.1, -0.05) is 42.1 Å². The van der Waals surface area contributed by atoms with Gasteiger partial charge in [-0.25, -0.2) is 19.2 Å². The molecule has 0 aliphatic carbocycles. The molecule has 0 bridgehead atoms. The summed E-state index contributed by atoms with van der Waals surface area (Å²) in [6.45, 7) is -0.255. The van der Waals surface area contributed by atoms with E-state index in [1.165, 1.54) is 23.5 Å². The number of halogens is 4. The molecule has 0 saturated heterocycles. The van der Waals surface area contributed by atoms with Gasteiger partial charge in [-0.15, -0.1) is 11.8 Å². The molecule has 0 aliphatic heterocycles. The predicted octanol–water partition coefficient (Wildman–Crippen LogP) is 5.96. The molecule has 0 atom stereocenters. The summed E-state index contributed by atoms with van der Waals surface area (Å²) in [7, 11) is 0. The Morgan fingerprint density at radius 3 is 2.44 bits per heavy atom. The molecule has 0 radical (unpaired) electrons. The van der Waals surface area contributed by atoms with Gasteiger partial charge in [0.2, 0.25) is 0 Å². The maximum Gasteiger partial charge on any atom is 0.416 e. The number of aromatic carboxylic acids is 1. The van der Waals surface area contributed by atoms with E-state index in [1.54, 1.807) is 6.26 Å². The van der Waals surface area contributed by atoms with Crippen LogP contribution in [0.3, 0.4) is 0 Å². The number of nitrogens with zero attached hydrogens (tertiary/aromatic N) is 2. The Morgan fingerprint density at radius 1 is 1.09 bits per heavy atom. The number of benzene rings is 2. The van der Waals surface area contributed by atoms with Crippen LogP contribution in [0.4, 0.5) is 23.4 Å². The van der Waals surface area contributed by atoms with E-state index in [1.807, 2.05) is 30.3 Å². The molecule has 0 fully saturated rings. The molecule has 1 aromatic heterocycles. The average molecular weight is 484 g/mol. The van der Waals surface area contributed by atoms with Crippen LogP contribution in [-0.4, -0.2) is 27.3 Å². The second-order valence-corrected chi connectivity index (χ2v) is 8.26. The zero-order chi connectivity index (χ0) is 23.3. The van der Waals surface area contributed by atoms with Gasteiger partial charge in [0.05, 0.1) is 5.56 Å². The molecule has 32 heavy (non-hydrogen) atoms. The smallest absolute Gasteiger partial charge is 0.416 e. The normalized spacial score (nSPS) is 11.4. The zero-order valence-electron chi connectivity index (χ0n) is 16.6. The van der Waals surface area contributed by atoms with Crippen LogP contribution in [0.2, 0.25) is 0 Å². The summed E-state index contributed by atoms with van der Waals surface area (Å²) in [5.74, 6) is -1.91. The Bertz CT molecular complexity index is 1110. The second-order valence-electron chi connectivity index (χ2n) is 6.52. The maximum absolute atomic E-state index is 13.7. The summed E-state index contributed by atoms with van der Waals surface area (Å²) in [4.78, 5) is 20.4. The number of anilines is 1. The first-order valence-electron chi connectivity index (χ1n) is 9.14. The molecule has 0 spiro atoms. The van der Waals surface area contributed by atoms with Crippen LogP contribution in [0.5, 0.6) is 0 Å². The molecule has 2 aromatic carbocycles. The number of rotatable bonds is 8. The molecule has 3 rings (SSSR count). The molecular formula is C21H17F4N3O2S2. The van der Waals surface area contributed by atoms with Crippen molar-refractivity contribution in [1.82, 2.24) is 9.97 Å². The number of nitrogens with one attached hydrogen (secondary N) is 1. The van der Waals surface area contributed by atoms with Crippen LogP contribution in [0, 0.1) is 5.82 Å². The number of hydrogen-bond donors (Lipinski definition) is 2. The topological polar surface area (TPSA) is 75.1 Å². The Morgan fingerprint density at radius 2 is 1.81 bits per heavy atom. The number of carbonyl (C=O) groups is 1. The van der Waals surface area contributed by atoms with Crippen molar-refractivity contribution in [3.05, 3.63) is 76.6 Å². The summed E-state index contributed by atoms with van der Waals surface area (Å²) in [5.41, 5.74) is -0.362. The third-order valence-corrected chi connectivity index (χ3v) is 5.81. The second kappa shape index (κ2) is 10.2. The lowest BCUT2D eigenvalue weighted by molar-refractivity contribution is -0.137. The highest BCUT2D eigenvalue weighted by atomic mass is 32.2. The highest BCUT2D eigenvalue weighted by molar-refractivity contribution is 7.99. The highest BCUT2D eigenvalue weighted by Gasteiger charge is 2.31. The first-order valence-corrected chi connectivity index (χ1v) is 11.3. The fourth-order valence-electron chi connectivity index (χ4n) is 2.76. The zero-order valence-corrected chi connectivity index (χ0v) is 18.2. The molecule has 0 saturated carbocycles. The van der Waals surface area contributed by atoms with Gasteiger partial charge < -0.3 is 10.4 Å². The van der Waals surface area contributed by atoms with Crippen molar-refractivity contribution < 1.29 is 27.5 Å². The van der Waals surface area contributed by atoms with E-state index in [0.717, 1.165) is 17.7 Å². The number of alkyl halides is 3. The van der Waals surface area contributed by atoms with Crippen molar-refractivity contribution in [2.24, 2.45) is 0 Å². The summed E-state index contributed by atoms with van der Waals surface area (Å²) < 4.78 is 52.6. The predicted molar refractivity (Wildman–Crippen MR) is 116 cm³/mol. The number of carboxylic acid groups (broad SMARTS) is 1. The lowest BCUT2D eigenvalue weighted by Crippen LogP contribution is -2.13. The first-order chi connectivity index (χ1) is 15.2. The largest absolute Gasteiger partial charge is 0.477 e. The monoisotopic (exact) mass is 483 g/mol. The van der Waals surface area contributed by atoms with Crippen molar-refractivity contribution in [2.45, 2.75) is 28.7 Å². The third-order valence-electron chi connectivity index (χ3n) is 4.21. The van der Waals surface area contributed by atoms with E-state index in [9.17, 15) is 27.5 Å². The SMILES string of the molecule is CSc1nc(NCc2cc(F)cc(C(F)(F)F)c2)c(C(=O)O)c(SCc2ccccc2)n1. The summed E-state index contributed by atoms with van der Waals surface area (Å²) in [5, 5.41) is 13.0. The standard InChI is InChI=1S/C21H17F4N3O2S2/c1-31-20-27-17(26-10-13-7-14(21(23,24)25)9-15(22)8-13)16(19(29)30)18(28-20)32-11-12-5-3-2-4-6-12/h2-9H,10-11H2,1H3,(H,29,30)(H,26,27,28). The van der Waals surface area contributed by atoms with E-state index in [2.05, 4.69) is 15.3 Å². The van der Waals surface area contributed by atoms with E-state index >= 15 is 0 Å². The summed E-state index contributed by atoms with van der Waals surface area (Å²) >= 11 is 2.40. The van der Waals surface area contributed by atoms with Gasteiger partial charge in [0.1, 0.15) is 22.2 Å². The number of hydrogen-bond acceptors (Lipinski definition) is 6. The molecule has 5 nitrogen and oxygen atoms in total. The lowest BCUT2D eigenvalue weighted by Gasteiger charge is -2.14. The molecule has 0 unspecified atom stereocenters. The Labute approximate surface area is 189 Å². The fraction of sp³-hybridized carbons (Fsp3) is 0.190. The summed E-state index contributed by atoms with van der Waals surface area (Å²) in [6.07, 6.45) is -2.99.